The third kappa shape index (κ3) is 3.15. The summed E-state index contributed by atoms with van der Waals surface area (Å²) >= 11 is 0. The largest absolute Gasteiger partial charge is 0.473 e. The lowest BCUT2D eigenvalue weighted by Crippen LogP contribution is -2.08. The first-order valence-corrected chi connectivity index (χ1v) is 6.82. The fourth-order valence-corrected chi connectivity index (χ4v) is 2.16. The van der Waals surface area contributed by atoms with E-state index in [1.54, 1.807) is 12.1 Å². The zero-order valence-corrected chi connectivity index (χ0v) is 11.7. The molecular weight excluding hydrogens is 280 g/mol. The predicted molar refractivity (Wildman–Crippen MR) is 86.2 cm³/mol. The van der Waals surface area contributed by atoms with Gasteiger partial charge in [0.1, 0.15) is 5.75 Å². The third-order valence-electron chi connectivity index (χ3n) is 3.31. The summed E-state index contributed by atoms with van der Waals surface area (Å²) in [5.41, 5.74) is 0.840. The normalized spacial score (nSPS) is 10.4. The molecule has 0 atom stereocenters. The number of nitrogens with zero attached hydrogens (tertiary/aromatic N) is 1. The maximum Gasteiger partial charge on any atom is 0.269 e. The topological polar surface area (TPSA) is 64.4 Å². The minimum Gasteiger partial charge on any atom is -0.473 e. The molecule has 0 amide bonds. The van der Waals surface area contributed by atoms with Crippen molar-refractivity contribution in [3.8, 4) is 5.75 Å². The summed E-state index contributed by atoms with van der Waals surface area (Å²) in [5, 5.41) is 15.9. The van der Waals surface area contributed by atoms with Crippen LogP contribution < -0.4 is 10.1 Å². The summed E-state index contributed by atoms with van der Waals surface area (Å²) in [6.45, 7) is 0.288. The predicted octanol–water partition coefficient (Wildman–Crippen LogP) is 4.20. The molecular formula is C17H14N2O3. The first kappa shape index (κ1) is 13.9. The maximum absolute atomic E-state index is 10.6. The lowest BCUT2D eigenvalue weighted by atomic mass is 10.1. The van der Waals surface area contributed by atoms with E-state index in [1.807, 2.05) is 42.5 Å². The number of fused-ring (bicyclic) bond motifs is 1. The van der Waals surface area contributed by atoms with Gasteiger partial charge in [0.15, 0.2) is 6.73 Å². The standard InChI is InChI=1S/C17H14N2O3/c20-19(21)16-8-6-15(7-9-16)18-12-22-17-10-5-13-3-1-2-4-14(13)11-17/h1-11,18H,12H2. The molecule has 0 heterocycles. The smallest absolute Gasteiger partial charge is 0.269 e. The van der Waals surface area contributed by atoms with Crippen LogP contribution in [0.15, 0.2) is 66.7 Å². The second-order valence-corrected chi connectivity index (χ2v) is 4.78. The molecule has 0 spiro atoms. The Hall–Kier alpha value is -3.08. The zero-order valence-electron chi connectivity index (χ0n) is 11.7. The van der Waals surface area contributed by atoms with Crippen LogP contribution in [0.5, 0.6) is 5.75 Å². The fraction of sp³-hybridized carbons (Fsp3) is 0.0588. The van der Waals surface area contributed by atoms with Gasteiger partial charge < -0.3 is 10.1 Å². The molecule has 0 saturated heterocycles. The van der Waals surface area contributed by atoms with Crippen molar-refractivity contribution in [1.29, 1.82) is 0 Å². The number of benzene rings is 3. The third-order valence-corrected chi connectivity index (χ3v) is 3.31. The fourth-order valence-electron chi connectivity index (χ4n) is 2.16. The Balaban J connectivity index is 1.60. The van der Waals surface area contributed by atoms with E-state index in [4.69, 9.17) is 4.74 Å². The van der Waals surface area contributed by atoms with Gasteiger partial charge in [-0.2, -0.15) is 0 Å². The minimum atomic E-state index is -0.421. The Morgan fingerprint density at radius 2 is 1.68 bits per heavy atom. The molecule has 0 aliphatic rings. The van der Waals surface area contributed by atoms with Crippen LogP contribution in [0, 0.1) is 10.1 Å². The minimum absolute atomic E-state index is 0.0704. The molecule has 3 aromatic rings. The van der Waals surface area contributed by atoms with Crippen molar-refractivity contribution < 1.29 is 9.66 Å². The molecule has 5 heteroatoms. The molecule has 110 valence electrons. The lowest BCUT2D eigenvalue weighted by molar-refractivity contribution is -0.384. The van der Waals surface area contributed by atoms with Crippen LogP contribution in [0.1, 0.15) is 0 Å². The Morgan fingerprint density at radius 3 is 2.41 bits per heavy atom. The highest BCUT2D eigenvalue weighted by atomic mass is 16.6. The maximum atomic E-state index is 10.6. The van der Waals surface area contributed by atoms with Gasteiger partial charge in [-0.05, 0) is 35.0 Å². The number of nitro benzene ring substituents is 1. The Kier molecular flexibility index (Phi) is 3.87. The van der Waals surface area contributed by atoms with Crippen LogP contribution in [-0.2, 0) is 0 Å². The average molecular weight is 294 g/mol. The van der Waals surface area contributed by atoms with E-state index in [9.17, 15) is 10.1 Å². The van der Waals surface area contributed by atoms with Gasteiger partial charge in [-0.25, -0.2) is 0 Å². The molecule has 0 aliphatic carbocycles. The highest BCUT2D eigenvalue weighted by Gasteiger charge is 2.03. The first-order valence-electron chi connectivity index (χ1n) is 6.82. The first-order chi connectivity index (χ1) is 10.7. The van der Waals surface area contributed by atoms with Crippen molar-refractivity contribution in [2.75, 3.05) is 12.0 Å². The monoisotopic (exact) mass is 294 g/mol. The molecule has 0 aromatic heterocycles. The quantitative estimate of drug-likeness (QED) is 0.435. The van der Waals surface area contributed by atoms with Gasteiger partial charge >= 0.3 is 0 Å². The van der Waals surface area contributed by atoms with E-state index in [1.165, 1.54) is 12.1 Å². The number of hydrogen-bond acceptors (Lipinski definition) is 4. The van der Waals surface area contributed by atoms with E-state index in [2.05, 4.69) is 5.32 Å². The molecule has 22 heavy (non-hydrogen) atoms. The lowest BCUT2D eigenvalue weighted by Gasteiger charge is -2.09. The Bertz CT molecular complexity index is 800. The summed E-state index contributed by atoms with van der Waals surface area (Å²) in [7, 11) is 0. The van der Waals surface area contributed by atoms with Crippen LogP contribution in [0.2, 0.25) is 0 Å². The number of rotatable bonds is 5. The van der Waals surface area contributed by atoms with Gasteiger partial charge in [0, 0.05) is 17.8 Å². The number of nitrogens with one attached hydrogen (secondary N) is 1. The number of anilines is 1. The zero-order chi connectivity index (χ0) is 15.4. The number of non-ortho nitro benzene ring substituents is 1. The number of nitro groups is 1. The number of hydrogen-bond donors (Lipinski definition) is 1. The second-order valence-electron chi connectivity index (χ2n) is 4.78. The molecule has 3 aromatic carbocycles. The van der Waals surface area contributed by atoms with Gasteiger partial charge in [-0.1, -0.05) is 30.3 Å². The molecule has 0 radical (unpaired) electrons. The number of ether oxygens (including phenoxy) is 1. The summed E-state index contributed by atoms with van der Waals surface area (Å²) < 4.78 is 5.65. The summed E-state index contributed by atoms with van der Waals surface area (Å²) in [6.07, 6.45) is 0. The van der Waals surface area contributed by atoms with Gasteiger partial charge in [0.2, 0.25) is 0 Å². The van der Waals surface area contributed by atoms with Crippen LogP contribution in [-0.4, -0.2) is 11.7 Å². The Morgan fingerprint density at radius 1 is 0.955 bits per heavy atom. The van der Waals surface area contributed by atoms with Crippen molar-refractivity contribution >= 4 is 22.1 Å². The molecule has 5 nitrogen and oxygen atoms in total. The molecule has 0 saturated carbocycles. The average Bonchev–Trinajstić information content (AvgIpc) is 2.55. The summed E-state index contributed by atoms with van der Waals surface area (Å²) in [4.78, 5) is 10.2. The van der Waals surface area contributed by atoms with Gasteiger partial charge in [-0.15, -0.1) is 0 Å². The van der Waals surface area contributed by atoms with E-state index < -0.39 is 4.92 Å². The molecule has 1 N–H and O–H groups in total. The SMILES string of the molecule is O=[N+]([O-])c1ccc(NCOc2ccc3ccccc3c2)cc1. The molecule has 0 unspecified atom stereocenters. The van der Waals surface area contributed by atoms with E-state index in [0.29, 0.717) is 0 Å². The Labute approximate surface area is 127 Å². The summed E-state index contributed by atoms with van der Waals surface area (Å²) in [6, 6.07) is 20.2. The van der Waals surface area contributed by atoms with Gasteiger partial charge in [0.25, 0.3) is 5.69 Å². The highest BCUT2D eigenvalue weighted by molar-refractivity contribution is 5.83. The van der Waals surface area contributed by atoms with E-state index in [0.717, 1.165) is 22.2 Å². The molecule has 0 fully saturated rings. The van der Waals surface area contributed by atoms with Crippen molar-refractivity contribution in [1.82, 2.24) is 0 Å². The van der Waals surface area contributed by atoms with Crippen molar-refractivity contribution in [2.45, 2.75) is 0 Å². The van der Waals surface area contributed by atoms with Crippen LogP contribution in [0.3, 0.4) is 0 Å². The molecule has 0 aliphatic heterocycles. The van der Waals surface area contributed by atoms with Crippen molar-refractivity contribution in [2.24, 2.45) is 0 Å². The van der Waals surface area contributed by atoms with Crippen LogP contribution >= 0.6 is 0 Å². The highest BCUT2D eigenvalue weighted by Crippen LogP contribution is 2.21. The van der Waals surface area contributed by atoms with Crippen LogP contribution in [0.25, 0.3) is 10.8 Å². The van der Waals surface area contributed by atoms with Crippen LogP contribution in [0.4, 0.5) is 11.4 Å². The molecule has 3 rings (SSSR count). The van der Waals surface area contributed by atoms with E-state index >= 15 is 0 Å². The van der Waals surface area contributed by atoms with Crippen molar-refractivity contribution in [3.63, 3.8) is 0 Å². The van der Waals surface area contributed by atoms with E-state index in [-0.39, 0.29) is 12.4 Å². The van der Waals surface area contributed by atoms with Crippen molar-refractivity contribution in [3.05, 3.63) is 76.8 Å². The second kappa shape index (κ2) is 6.13. The molecule has 0 bridgehead atoms. The van der Waals surface area contributed by atoms with Gasteiger partial charge in [0.05, 0.1) is 4.92 Å². The summed E-state index contributed by atoms with van der Waals surface area (Å²) in [5.74, 6) is 0.771. The van der Waals surface area contributed by atoms with Gasteiger partial charge in [-0.3, -0.25) is 10.1 Å².